The summed E-state index contributed by atoms with van der Waals surface area (Å²) < 4.78 is 0. The lowest BCUT2D eigenvalue weighted by Gasteiger charge is -2.05. The van der Waals surface area contributed by atoms with Crippen molar-refractivity contribution >= 4 is 11.5 Å². The van der Waals surface area contributed by atoms with Gasteiger partial charge < -0.3 is 10.4 Å². The molecule has 0 aliphatic rings. The summed E-state index contributed by atoms with van der Waals surface area (Å²) in [4.78, 5) is 7.78. The molecule has 1 aromatic heterocycles. The van der Waals surface area contributed by atoms with Crippen LogP contribution in [-0.2, 0) is 0 Å². The van der Waals surface area contributed by atoms with Gasteiger partial charge >= 0.3 is 0 Å². The van der Waals surface area contributed by atoms with Gasteiger partial charge in [-0.3, -0.25) is 0 Å². The van der Waals surface area contributed by atoms with E-state index in [0.717, 1.165) is 0 Å². The molecule has 0 fully saturated rings. The minimum atomic E-state index is 0.200. The predicted molar refractivity (Wildman–Crippen MR) is 53.4 cm³/mol. The summed E-state index contributed by atoms with van der Waals surface area (Å²) in [7, 11) is 0. The number of nitrogens with zero attached hydrogens (tertiary/aromatic N) is 2. The number of anilines is 2. The minimum absolute atomic E-state index is 0.200. The quantitative estimate of drug-likeness (QED) is 0.705. The van der Waals surface area contributed by atoms with E-state index >= 15 is 0 Å². The number of phenolic OH excluding ortho intramolecular Hbond substituents is 1. The maximum atomic E-state index is 9.47. The molecule has 0 unspecified atom stereocenters. The van der Waals surface area contributed by atoms with Gasteiger partial charge in [-0.15, -0.1) is 0 Å². The standard InChI is InChI=1S/C10H9N3O/c14-9-4-2-1-3-8(9)13-10-5-6-11-7-12-10/h1-7,14H,(H,11,12,13). The molecule has 0 amide bonds. The molecular formula is C10H9N3O. The van der Waals surface area contributed by atoms with Gasteiger partial charge in [0.05, 0.1) is 5.69 Å². The van der Waals surface area contributed by atoms with Crippen LogP contribution in [0.5, 0.6) is 5.75 Å². The summed E-state index contributed by atoms with van der Waals surface area (Å²) in [5.41, 5.74) is 0.631. The van der Waals surface area contributed by atoms with Gasteiger partial charge in [0, 0.05) is 6.20 Å². The van der Waals surface area contributed by atoms with E-state index in [2.05, 4.69) is 15.3 Å². The Kier molecular flexibility index (Phi) is 2.27. The van der Waals surface area contributed by atoms with Gasteiger partial charge in [0.2, 0.25) is 0 Å². The third-order valence-corrected chi connectivity index (χ3v) is 1.75. The average molecular weight is 187 g/mol. The Balaban J connectivity index is 2.24. The highest BCUT2D eigenvalue weighted by atomic mass is 16.3. The summed E-state index contributed by atoms with van der Waals surface area (Å²) in [5, 5.41) is 12.4. The van der Waals surface area contributed by atoms with Crippen LogP contribution in [0.2, 0.25) is 0 Å². The molecule has 14 heavy (non-hydrogen) atoms. The summed E-state index contributed by atoms with van der Waals surface area (Å²) in [5.74, 6) is 0.854. The van der Waals surface area contributed by atoms with Crippen molar-refractivity contribution in [1.29, 1.82) is 0 Å². The van der Waals surface area contributed by atoms with Gasteiger partial charge in [0.15, 0.2) is 0 Å². The Morgan fingerprint density at radius 2 is 2.00 bits per heavy atom. The number of aromatic hydroxyl groups is 1. The SMILES string of the molecule is Oc1ccccc1Nc1ccncn1. The highest BCUT2D eigenvalue weighted by Crippen LogP contribution is 2.24. The highest BCUT2D eigenvalue weighted by molar-refractivity contribution is 5.62. The van der Waals surface area contributed by atoms with Crippen LogP contribution >= 0.6 is 0 Å². The second-order valence-electron chi connectivity index (χ2n) is 2.74. The van der Waals surface area contributed by atoms with E-state index < -0.39 is 0 Å². The third-order valence-electron chi connectivity index (χ3n) is 1.75. The number of benzene rings is 1. The third kappa shape index (κ3) is 1.80. The maximum Gasteiger partial charge on any atom is 0.139 e. The van der Waals surface area contributed by atoms with Crippen molar-refractivity contribution in [1.82, 2.24) is 9.97 Å². The summed E-state index contributed by atoms with van der Waals surface area (Å²) >= 11 is 0. The van der Waals surface area contributed by atoms with E-state index in [1.165, 1.54) is 6.33 Å². The monoisotopic (exact) mass is 187 g/mol. The fourth-order valence-electron chi connectivity index (χ4n) is 1.08. The van der Waals surface area contributed by atoms with E-state index in [1.54, 1.807) is 30.5 Å². The molecule has 2 aromatic rings. The first-order valence-electron chi connectivity index (χ1n) is 4.17. The largest absolute Gasteiger partial charge is 0.506 e. The number of aromatic nitrogens is 2. The average Bonchev–Trinajstić information content (AvgIpc) is 2.23. The van der Waals surface area contributed by atoms with Crippen molar-refractivity contribution in [2.24, 2.45) is 0 Å². The Morgan fingerprint density at radius 3 is 2.71 bits per heavy atom. The van der Waals surface area contributed by atoms with E-state index in [1.807, 2.05) is 6.07 Å². The molecule has 0 saturated carbocycles. The van der Waals surface area contributed by atoms with Crippen LogP contribution < -0.4 is 5.32 Å². The summed E-state index contributed by atoms with van der Waals surface area (Å²) in [6.07, 6.45) is 3.08. The Morgan fingerprint density at radius 1 is 1.14 bits per heavy atom. The molecule has 70 valence electrons. The summed E-state index contributed by atoms with van der Waals surface area (Å²) in [6, 6.07) is 8.72. The zero-order chi connectivity index (χ0) is 9.80. The van der Waals surface area contributed by atoms with Crippen molar-refractivity contribution in [3.8, 4) is 5.75 Å². The number of phenols is 1. The van der Waals surface area contributed by atoms with Crippen molar-refractivity contribution in [2.75, 3.05) is 5.32 Å². The number of hydrogen-bond donors (Lipinski definition) is 2. The molecule has 0 aliphatic carbocycles. The molecule has 1 heterocycles. The van der Waals surface area contributed by atoms with Crippen LogP contribution in [0.25, 0.3) is 0 Å². The number of para-hydroxylation sites is 2. The molecule has 0 radical (unpaired) electrons. The van der Waals surface area contributed by atoms with Crippen molar-refractivity contribution in [3.63, 3.8) is 0 Å². The Bertz CT molecular complexity index is 417. The summed E-state index contributed by atoms with van der Waals surface area (Å²) in [6.45, 7) is 0. The molecule has 0 atom stereocenters. The van der Waals surface area contributed by atoms with E-state index in [0.29, 0.717) is 11.5 Å². The lowest BCUT2D eigenvalue weighted by molar-refractivity contribution is 0.477. The van der Waals surface area contributed by atoms with Crippen LogP contribution in [-0.4, -0.2) is 15.1 Å². The molecule has 2 N–H and O–H groups in total. The zero-order valence-electron chi connectivity index (χ0n) is 7.38. The van der Waals surface area contributed by atoms with Crippen LogP contribution in [0.4, 0.5) is 11.5 Å². The first kappa shape index (κ1) is 8.50. The topological polar surface area (TPSA) is 58.0 Å². The molecule has 4 heteroatoms. The van der Waals surface area contributed by atoms with Gasteiger partial charge in [0.25, 0.3) is 0 Å². The van der Waals surface area contributed by atoms with Gasteiger partial charge in [-0.2, -0.15) is 0 Å². The first-order valence-corrected chi connectivity index (χ1v) is 4.17. The van der Waals surface area contributed by atoms with Gasteiger partial charge in [-0.05, 0) is 18.2 Å². The van der Waals surface area contributed by atoms with Crippen LogP contribution in [0, 0.1) is 0 Å². The number of rotatable bonds is 2. The van der Waals surface area contributed by atoms with Gasteiger partial charge in [-0.25, -0.2) is 9.97 Å². The molecule has 0 saturated heterocycles. The predicted octanol–water partition coefficient (Wildman–Crippen LogP) is 1.93. The first-order chi connectivity index (χ1) is 6.86. The molecule has 0 aliphatic heterocycles. The van der Waals surface area contributed by atoms with Crippen molar-refractivity contribution in [2.45, 2.75) is 0 Å². The highest BCUT2D eigenvalue weighted by Gasteiger charge is 1.99. The maximum absolute atomic E-state index is 9.47. The van der Waals surface area contributed by atoms with E-state index in [-0.39, 0.29) is 5.75 Å². The Labute approximate surface area is 81.3 Å². The Hall–Kier alpha value is -2.10. The van der Waals surface area contributed by atoms with E-state index in [4.69, 9.17) is 0 Å². The smallest absolute Gasteiger partial charge is 0.139 e. The number of hydrogen-bond acceptors (Lipinski definition) is 4. The number of nitrogens with one attached hydrogen (secondary N) is 1. The van der Waals surface area contributed by atoms with Crippen molar-refractivity contribution in [3.05, 3.63) is 42.9 Å². The minimum Gasteiger partial charge on any atom is -0.506 e. The van der Waals surface area contributed by atoms with Gasteiger partial charge in [-0.1, -0.05) is 12.1 Å². The van der Waals surface area contributed by atoms with Crippen LogP contribution in [0.1, 0.15) is 0 Å². The van der Waals surface area contributed by atoms with Gasteiger partial charge in [0.1, 0.15) is 17.9 Å². The zero-order valence-corrected chi connectivity index (χ0v) is 7.38. The lowest BCUT2D eigenvalue weighted by Crippen LogP contribution is -1.93. The molecule has 4 nitrogen and oxygen atoms in total. The molecular weight excluding hydrogens is 178 g/mol. The molecule has 2 rings (SSSR count). The second-order valence-corrected chi connectivity index (χ2v) is 2.74. The second kappa shape index (κ2) is 3.74. The normalized spacial score (nSPS) is 9.71. The molecule has 0 spiro atoms. The lowest BCUT2D eigenvalue weighted by atomic mass is 10.3. The fraction of sp³-hybridized carbons (Fsp3) is 0. The van der Waals surface area contributed by atoms with E-state index in [9.17, 15) is 5.11 Å². The molecule has 0 bridgehead atoms. The fourth-order valence-corrected chi connectivity index (χ4v) is 1.08. The van der Waals surface area contributed by atoms with Crippen LogP contribution in [0.3, 0.4) is 0 Å². The van der Waals surface area contributed by atoms with Crippen LogP contribution in [0.15, 0.2) is 42.9 Å². The van der Waals surface area contributed by atoms with Crippen molar-refractivity contribution < 1.29 is 5.11 Å². The molecule has 1 aromatic carbocycles.